The number of anilines is 1. The van der Waals surface area contributed by atoms with Gasteiger partial charge >= 0.3 is 0 Å². The molecular weight excluding hydrogens is 276 g/mol. The number of aromatic nitrogens is 3. The van der Waals surface area contributed by atoms with Gasteiger partial charge in [0.25, 0.3) is 5.91 Å². The molecule has 0 aliphatic carbocycles. The van der Waals surface area contributed by atoms with Gasteiger partial charge in [0.05, 0.1) is 11.2 Å². The molecule has 0 aliphatic heterocycles. The van der Waals surface area contributed by atoms with Gasteiger partial charge in [-0.2, -0.15) is 0 Å². The first-order valence-electron chi connectivity index (χ1n) is 6.23. The van der Waals surface area contributed by atoms with Gasteiger partial charge in [-0.25, -0.2) is 9.97 Å². The lowest BCUT2D eigenvalue weighted by molar-refractivity contribution is 0.102. The molecule has 2 aromatic rings. The van der Waals surface area contributed by atoms with Crippen molar-refractivity contribution < 1.29 is 4.79 Å². The number of pyridine rings is 1. The van der Waals surface area contributed by atoms with Crippen molar-refractivity contribution in [3.05, 3.63) is 46.8 Å². The van der Waals surface area contributed by atoms with Crippen LogP contribution in [0.5, 0.6) is 0 Å². The Morgan fingerprint density at radius 3 is 2.75 bits per heavy atom. The number of carbonyl (C=O) groups excluding carboxylic acids is 1. The predicted octanol–water partition coefficient (Wildman–Crippen LogP) is 3.21. The fourth-order valence-electron chi connectivity index (χ4n) is 1.61. The average molecular weight is 291 g/mol. The molecule has 1 amide bonds. The Bertz CT molecular complexity index is 643. The van der Waals surface area contributed by atoms with Gasteiger partial charge in [0.15, 0.2) is 5.69 Å². The summed E-state index contributed by atoms with van der Waals surface area (Å²) in [6, 6.07) is 1.73. The Kier molecular flexibility index (Phi) is 4.29. The van der Waals surface area contributed by atoms with Crippen molar-refractivity contribution in [2.45, 2.75) is 26.7 Å². The van der Waals surface area contributed by atoms with E-state index in [0.717, 1.165) is 5.56 Å². The zero-order valence-corrected chi connectivity index (χ0v) is 12.3. The molecule has 6 heteroatoms. The van der Waals surface area contributed by atoms with E-state index in [1.807, 2.05) is 20.8 Å². The van der Waals surface area contributed by atoms with Gasteiger partial charge < -0.3 is 5.32 Å². The minimum Gasteiger partial charge on any atom is -0.320 e. The number of halogens is 1. The Hall–Kier alpha value is -2.01. The number of carbonyl (C=O) groups is 1. The van der Waals surface area contributed by atoms with Gasteiger partial charge in [-0.3, -0.25) is 9.78 Å². The Morgan fingerprint density at radius 1 is 1.35 bits per heavy atom. The summed E-state index contributed by atoms with van der Waals surface area (Å²) in [6.45, 7) is 5.78. The van der Waals surface area contributed by atoms with Gasteiger partial charge in [-0.05, 0) is 18.6 Å². The number of rotatable bonds is 3. The third-order valence-corrected chi connectivity index (χ3v) is 3.04. The lowest BCUT2D eigenvalue weighted by Crippen LogP contribution is -2.17. The lowest BCUT2D eigenvalue weighted by Gasteiger charge is -2.10. The fraction of sp³-hybridized carbons (Fsp3) is 0.286. The van der Waals surface area contributed by atoms with E-state index < -0.39 is 0 Å². The number of hydrogen-bond acceptors (Lipinski definition) is 4. The smallest absolute Gasteiger partial charge is 0.275 e. The SMILES string of the molecule is Cc1cnccc1NC(=O)c1nc(C(C)C)ncc1Cl. The summed E-state index contributed by atoms with van der Waals surface area (Å²) in [5, 5.41) is 3.01. The molecule has 1 N–H and O–H groups in total. The molecule has 0 unspecified atom stereocenters. The van der Waals surface area contributed by atoms with Gasteiger partial charge in [-0.1, -0.05) is 25.4 Å². The van der Waals surface area contributed by atoms with Crippen LogP contribution in [-0.2, 0) is 0 Å². The van der Waals surface area contributed by atoms with E-state index in [9.17, 15) is 4.79 Å². The quantitative estimate of drug-likeness (QED) is 0.942. The molecule has 5 nitrogen and oxygen atoms in total. The summed E-state index contributed by atoms with van der Waals surface area (Å²) in [6.07, 6.45) is 4.75. The van der Waals surface area contributed by atoms with E-state index in [1.54, 1.807) is 18.5 Å². The molecule has 0 spiro atoms. The zero-order chi connectivity index (χ0) is 14.7. The zero-order valence-electron chi connectivity index (χ0n) is 11.5. The van der Waals surface area contributed by atoms with Crippen molar-refractivity contribution in [1.82, 2.24) is 15.0 Å². The molecule has 2 rings (SSSR count). The highest BCUT2D eigenvalue weighted by Gasteiger charge is 2.16. The average Bonchev–Trinajstić information content (AvgIpc) is 2.41. The lowest BCUT2D eigenvalue weighted by atomic mass is 10.2. The standard InChI is InChI=1S/C14H15ClN4O/c1-8(2)13-17-7-10(15)12(19-13)14(20)18-11-4-5-16-6-9(11)3/h4-8H,1-3H3,(H,16,18,20). The largest absolute Gasteiger partial charge is 0.320 e. The summed E-state index contributed by atoms with van der Waals surface area (Å²) >= 11 is 6.00. The predicted molar refractivity (Wildman–Crippen MR) is 78.1 cm³/mol. The maximum atomic E-state index is 12.3. The molecule has 104 valence electrons. The third-order valence-electron chi connectivity index (χ3n) is 2.76. The first-order chi connectivity index (χ1) is 9.49. The second kappa shape index (κ2) is 5.96. The number of amides is 1. The molecule has 0 atom stereocenters. The van der Waals surface area contributed by atoms with Crippen LogP contribution in [-0.4, -0.2) is 20.9 Å². The van der Waals surface area contributed by atoms with Crippen LogP contribution < -0.4 is 5.32 Å². The van der Waals surface area contributed by atoms with Gasteiger partial charge in [0, 0.05) is 24.0 Å². The van der Waals surface area contributed by atoms with Crippen LogP contribution in [0.15, 0.2) is 24.7 Å². The summed E-state index contributed by atoms with van der Waals surface area (Å²) < 4.78 is 0. The Morgan fingerprint density at radius 2 is 2.10 bits per heavy atom. The van der Waals surface area contributed by atoms with E-state index in [2.05, 4.69) is 20.3 Å². The molecular formula is C14H15ClN4O. The van der Waals surface area contributed by atoms with E-state index in [1.165, 1.54) is 6.20 Å². The van der Waals surface area contributed by atoms with Crippen LogP contribution in [0.1, 0.15) is 41.6 Å². The minimum atomic E-state index is -0.353. The number of hydrogen-bond donors (Lipinski definition) is 1. The second-order valence-electron chi connectivity index (χ2n) is 4.72. The first-order valence-corrected chi connectivity index (χ1v) is 6.61. The number of nitrogens with one attached hydrogen (secondary N) is 1. The molecule has 0 saturated heterocycles. The van der Waals surface area contributed by atoms with Crippen LogP contribution in [0.3, 0.4) is 0 Å². The van der Waals surface area contributed by atoms with E-state index in [0.29, 0.717) is 11.5 Å². The van der Waals surface area contributed by atoms with E-state index in [4.69, 9.17) is 11.6 Å². The number of aryl methyl sites for hydroxylation is 1. The number of nitrogens with zero attached hydrogens (tertiary/aromatic N) is 3. The second-order valence-corrected chi connectivity index (χ2v) is 5.13. The highest BCUT2D eigenvalue weighted by atomic mass is 35.5. The molecule has 2 aromatic heterocycles. The molecule has 0 saturated carbocycles. The monoisotopic (exact) mass is 290 g/mol. The van der Waals surface area contributed by atoms with Crippen molar-refractivity contribution >= 4 is 23.2 Å². The maximum Gasteiger partial charge on any atom is 0.275 e. The van der Waals surface area contributed by atoms with Crippen LogP contribution in [0.25, 0.3) is 0 Å². The molecule has 0 bridgehead atoms. The molecule has 0 radical (unpaired) electrons. The molecule has 20 heavy (non-hydrogen) atoms. The molecule has 0 aromatic carbocycles. The summed E-state index contributed by atoms with van der Waals surface area (Å²) in [5.74, 6) is 0.362. The molecule has 2 heterocycles. The minimum absolute atomic E-state index is 0.126. The van der Waals surface area contributed by atoms with Gasteiger partial charge in [-0.15, -0.1) is 0 Å². The van der Waals surface area contributed by atoms with Gasteiger partial charge in [0.2, 0.25) is 0 Å². The Labute approximate surface area is 122 Å². The van der Waals surface area contributed by atoms with E-state index in [-0.39, 0.29) is 22.5 Å². The maximum absolute atomic E-state index is 12.3. The van der Waals surface area contributed by atoms with Crippen molar-refractivity contribution in [3.63, 3.8) is 0 Å². The Balaban J connectivity index is 2.30. The van der Waals surface area contributed by atoms with E-state index >= 15 is 0 Å². The molecule has 0 fully saturated rings. The van der Waals surface area contributed by atoms with Crippen molar-refractivity contribution in [2.24, 2.45) is 0 Å². The highest BCUT2D eigenvalue weighted by molar-refractivity contribution is 6.33. The summed E-state index contributed by atoms with van der Waals surface area (Å²) in [4.78, 5) is 24.6. The topological polar surface area (TPSA) is 67.8 Å². The van der Waals surface area contributed by atoms with Crippen LogP contribution in [0.4, 0.5) is 5.69 Å². The van der Waals surface area contributed by atoms with Crippen molar-refractivity contribution in [1.29, 1.82) is 0 Å². The normalized spacial score (nSPS) is 10.7. The first kappa shape index (κ1) is 14.4. The van der Waals surface area contributed by atoms with Crippen molar-refractivity contribution in [3.8, 4) is 0 Å². The van der Waals surface area contributed by atoms with Crippen LogP contribution in [0.2, 0.25) is 5.02 Å². The van der Waals surface area contributed by atoms with Gasteiger partial charge in [0.1, 0.15) is 5.82 Å². The summed E-state index contributed by atoms with van der Waals surface area (Å²) in [7, 11) is 0. The summed E-state index contributed by atoms with van der Waals surface area (Å²) in [5.41, 5.74) is 1.74. The molecule has 0 aliphatic rings. The highest BCUT2D eigenvalue weighted by Crippen LogP contribution is 2.19. The third kappa shape index (κ3) is 3.11. The van der Waals surface area contributed by atoms with Crippen LogP contribution >= 0.6 is 11.6 Å². The fourth-order valence-corrected chi connectivity index (χ4v) is 1.79. The van der Waals surface area contributed by atoms with Crippen molar-refractivity contribution in [2.75, 3.05) is 5.32 Å². The van der Waals surface area contributed by atoms with Crippen LogP contribution in [0, 0.1) is 6.92 Å².